The van der Waals surface area contributed by atoms with E-state index in [9.17, 15) is 0 Å². The number of methoxy groups -OCH3 is 1. The molecule has 0 spiro atoms. The summed E-state index contributed by atoms with van der Waals surface area (Å²) in [6, 6.07) is 7.86. The predicted molar refractivity (Wildman–Crippen MR) is 79.7 cm³/mol. The van der Waals surface area contributed by atoms with Crippen LogP contribution in [-0.4, -0.2) is 30.6 Å². The zero-order valence-electron chi connectivity index (χ0n) is 11.8. The van der Waals surface area contributed by atoms with Crippen molar-refractivity contribution in [1.82, 2.24) is 15.4 Å². The lowest BCUT2D eigenvalue weighted by atomic mass is 10.3. The van der Waals surface area contributed by atoms with Crippen LogP contribution in [0, 0.1) is 0 Å². The zero-order chi connectivity index (χ0) is 13.9. The standard InChI is InChI=1S/C13H20N4OSi/c1-18-11-7-5-10(6-8-11)14-9-12-13(16-17-15-12)19(2,3)4/h5-8,14H,9H2,1-4H3,(H,15,16,17). The first-order valence-corrected chi connectivity index (χ1v) is 9.79. The first-order chi connectivity index (χ1) is 9.00. The largest absolute Gasteiger partial charge is 0.497 e. The number of hydrogen-bond donors (Lipinski definition) is 2. The molecule has 0 amide bonds. The van der Waals surface area contributed by atoms with Crippen LogP contribution in [0.15, 0.2) is 24.3 Å². The van der Waals surface area contributed by atoms with Gasteiger partial charge in [-0.15, -0.1) is 0 Å². The highest BCUT2D eigenvalue weighted by Crippen LogP contribution is 2.15. The molecule has 0 atom stereocenters. The van der Waals surface area contributed by atoms with E-state index in [0.717, 1.165) is 22.4 Å². The van der Waals surface area contributed by atoms with Crippen LogP contribution in [0.3, 0.4) is 0 Å². The normalized spacial score (nSPS) is 11.4. The van der Waals surface area contributed by atoms with Crippen LogP contribution in [0.25, 0.3) is 0 Å². The molecule has 0 fully saturated rings. The van der Waals surface area contributed by atoms with Gasteiger partial charge in [0.05, 0.1) is 19.0 Å². The zero-order valence-corrected chi connectivity index (χ0v) is 12.8. The van der Waals surface area contributed by atoms with Gasteiger partial charge in [0.15, 0.2) is 0 Å². The smallest absolute Gasteiger partial charge is 0.119 e. The van der Waals surface area contributed by atoms with Crippen molar-refractivity contribution >= 4 is 19.1 Å². The predicted octanol–water partition coefficient (Wildman–Crippen LogP) is 1.97. The van der Waals surface area contributed by atoms with Crippen molar-refractivity contribution < 1.29 is 4.74 Å². The van der Waals surface area contributed by atoms with E-state index in [1.807, 2.05) is 24.3 Å². The summed E-state index contributed by atoms with van der Waals surface area (Å²) in [5.41, 5.74) is 2.06. The Bertz CT molecular complexity index is 530. The summed E-state index contributed by atoms with van der Waals surface area (Å²) in [7, 11) is 0.221. The molecule has 5 nitrogen and oxygen atoms in total. The Labute approximate surface area is 114 Å². The summed E-state index contributed by atoms with van der Waals surface area (Å²) in [6.07, 6.45) is 0. The Hall–Kier alpha value is -1.82. The Morgan fingerprint density at radius 3 is 2.42 bits per heavy atom. The number of hydrogen-bond acceptors (Lipinski definition) is 4. The average Bonchev–Trinajstić information content (AvgIpc) is 2.85. The Kier molecular flexibility index (Phi) is 3.89. The maximum absolute atomic E-state index is 5.13. The molecule has 0 aliphatic carbocycles. The van der Waals surface area contributed by atoms with E-state index in [2.05, 4.69) is 40.4 Å². The molecule has 2 rings (SSSR count). The number of ether oxygens (including phenoxy) is 1. The molecule has 0 saturated carbocycles. The van der Waals surface area contributed by atoms with Crippen molar-refractivity contribution in [3.63, 3.8) is 0 Å². The third kappa shape index (κ3) is 3.34. The van der Waals surface area contributed by atoms with E-state index in [1.54, 1.807) is 7.11 Å². The number of anilines is 1. The quantitative estimate of drug-likeness (QED) is 0.820. The minimum Gasteiger partial charge on any atom is -0.497 e. The average molecular weight is 276 g/mol. The first-order valence-electron chi connectivity index (χ1n) is 6.29. The van der Waals surface area contributed by atoms with E-state index in [4.69, 9.17) is 4.74 Å². The highest BCUT2D eigenvalue weighted by atomic mass is 28.3. The van der Waals surface area contributed by atoms with Gasteiger partial charge in [0, 0.05) is 5.69 Å². The van der Waals surface area contributed by atoms with Crippen LogP contribution in [0.5, 0.6) is 5.75 Å². The molecule has 0 aliphatic rings. The molecule has 19 heavy (non-hydrogen) atoms. The maximum atomic E-state index is 5.13. The lowest BCUT2D eigenvalue weighted by Gasteiger charge is -2.14. The van der Waals surface area contributed by atoms with Crippen molar-refractivity contribution in [2.75, 3.05) is 12.4 Å². The molecule has 2 N–H and O–H groups in total. The van der Waals surface area contributed by atoms with Crippen molar-refractivity contribution in [2.45, 2.75) is 26.2 Å². The van der Waals surface area contributed by atoms with E-state index >= 15 is 0 Å². The van der Waals surface area contributed by atoms with Gasteiger partial charge in [0.2, 0.25) is 0 Å². The third-order valence-corrected chi connectivity index (χ3v) is 4.70. The summed E-state index contributed by atoms with van der Waals surface area (Å²) in [4.78, 5) is 0. The van der Waals surface area contributed by atoms with Crippen molar-refractivity contribution in [3.05, 3.63) is 30.0 Å². The van der Waals surface area contributed by atoms with Crippen LogP contribution in [-0.2, 0) is 6.54 Å². The third-order valence-electron chi connectivity index (χ3n) is 2.88. The van der Waals surface area contributed by atoms with Crippen molar-refractivity contribution in [2.24, 2.45) is 0 Å². The van der Waals surface area contributed by atoms with Gasteiger partial charge in [-0.1, -0.05) is 19.6 Å². The van der Waals surface area contributed by atoms with Gasteiger partial charge in [-0.3, -0.25) is 0 Å². The van der Waals surface area contributed by atoms with Gasteiger partial charge in [0.1, 0.15) is 19.5 Å². The van der Waals surface area contributed by atoms with Gasteiger partial charge in [-0.2, -0.15) is 15.4 Å². The molecule has 2 aromatic rings. The maximum Gasteiger partial charge on any atom is 0.119 e. The number of aromatic nitrogens is 3. The SMILES string of the molecule is COc1ccc(NCc2n[nH]nc2[Si](C)(C)C)cc1. The van der Waals surface area contributed by atoms with Gasteiger partial charge >= 0.3 is 0 Å². The van der Waals surface area contributed by atoms with E-state index in [-0.39, 0.29) is 0 Å². The second-order valence-corrected chi connectivity index (χ2v) is 10.4. The molecular formula is C13H20N4OSi. The Morgan fingerprint density at radius 2 is 1.84 bits per heavy atom. The van der Waals surface area contributed by atoms with E-state index in [0.29, 0.717) is 6.54 Å². The number of H-pyrrole nitrogens is 1. The molecule has 0 bridgehead atoms. The fourth-order valence-corrected chi connectivity index (χ4v) is 3.27. The molecule has 0 aliphatic heterocycles. The van der Waals surface area contributed by atoms with Gasteiger partial charge in [-0.25, -0.2) is 0 Å². The summed E-state index contributed by atoms with van der Waals surface area (Å²) < 4.78 is 5.13. The van der Waals surface area contributed by atoms with Gasteiger partial charge in [0.25, 0.3) is 0 Å². The molecule has 1 aromatic carbocycles. The molecule has 6 heteroatoms. The second-order valence-electron chi connectivity index (χ2n) is 5.45. The molecule has 1 aromatic heterocycles. The summed E-state index contributed by atoms with van der Waals surface area (Å²) in [6.45, 7) is 7.48. The number of nitrogens with one attached hydrogen (secondary N) is 2. The summed E-state index contributed by atoms with van der Waals surface area (Å²) in [5, 5.41) is 15.8. The molecule has 0 radical (unpaired) electrons. The Morgan fingerprint density at radius 1 is 1.16 bits per heavy atom. The summed E-state index contributed by atoms with van der Waals surface area (Å²) >= 11 is 0. The fraction of sp³-hybridized carbons (Fsp3) is 0.385. The second kappa shape index (κ2) is 5.44. The monoisotopic (exact) mass is 276 g/mol. The highest BCUT2D eigenvalue weighted by Gasteiger charge is 2.24. The highest BCUT2D eigenvalue weighted by molar-refractivity contribution is 6.88. The molecule has 102 valence electrons. The van der Waals surface area contributed by atoms with E-state index < -0.39 is 8.07 Å². The van der Waals surface area contributed by atoms with Crippen LogP contribution < -0.4 is 15.4 Å². The molecule has 0 saturated heterocycles. The Balaban J connectivity index is 2.04. The fourth-order valence-electron chi connectivity index (χ4n) is 1.87. The number of aromatic amines is 1. The van der Waals surface area contributed by atoms with Crippen molar-refractivity contribution in [3.8, 4) is 5.75 Å². The van der Waals surface area contributed by atoms with E-state index in [1.165, 1.54) is 0 Å². The first kappa shape index (κ1) is 13.6. The molecule has 1 heterocycles. The molecular weight excluding hydrogens is 256 g/mol. The lowest BCUT2D eigenvalue weighted by molar-refractivity contribution is 0.415. The van der Waals surface area contributed by atoms with Crippen molar-refractivity contribution in [1.29, 1.82) is 0 Å². The lowest BCUT2D eigenvalue weighted by Crippen LogP contribution is -2.41. The number of benzene rings is 1. The van der Waals surface area contributed by atoms with Gasteiger partial charge in [-0.05, 0) is 24.3 Å². The topological polar surface area (TPSA) is 62.8 Å². The van der Waals surface area contributed by atoms with Gasteiger partial charge < -0.3 is 10.1 Å². The minimum absolute atomic E-state index is 0.683. The molecule has 0 unspecified atom stereocenters. The van der Waals surface area contributed by atoms with Crippen LogP contribution in [0.1, 0.15) is 5.69 Å². The van der Waals surface area contributed by atoms with Crippen LogP contribution in [0.4, 0.5) is 5.69 Å². The van der Waals surface area contributed by atoms with Crippen LogP contribution >= 0.6 is 0 Å². The minimum atomic E-state index is -1.44. The van der Waals surface area contributed by atoms with Crippen LogP contribution in [0.2, 0.25) is 19.6 Å². The summed E-state index contributed by atoms with van der Waals surface area (Å²) in [5.74, 6) is 0.856. The number of nitrogens with zero attached hydrogens (tertiary/aromatic N) is 2. The number of rotatable bonds is 5.